The van der Waals surface area contributed by atoms with Gasteiger partial charge in [-0.1, -0.05) is 18.9 Å². The predicted octanol–water partition coefficient (Wildman–Crippen LogP) is 4.18. The highest BCUT2D eigenvalue weighted by Gasteiger charge is 2.52. The van der Waals surface area contributed by atoms with Gasteiger partial charge in [0, 0.05) is 5.56 Å². The molecule has 3 aliphatic rings. The summed E-state index contributed by atoms with van der Waals surface area (Å²) in [7, 11) is 0. The van der Waals surface area contributed by atoms with Crippen LogP contribution in [0.3, 0.4) is 0 Å². The van der Waals surface area contributed by atoms with E-state index in [1.807, 2.05) is 45.9 Å². The number of hydrogen-bond donors (Lipinski definition) is 0. The van der Waals surface area contributed by atoms with Crippen molar-refractivity contribution >= 4 is 29.0 Å². The molecular formula is C25H32N2O4. The monoisotopic (exact) mass is 424 g/mol. The Hall–Kier alpha value is -2.63. The highest BCUT2D eigenvalue weighted by Crippen LogP contribution is 2.43. The summed E-state index contributed by atoms with van der Waals surface area (Å²) >= 11 is 0. The number of imide groups is 1. The first-order chi connectivity index (χ1) is 14.7. The minimum atomic E-state index is -0.837. The van der Waals surface area contributed by atoms with E-state index in [4.69, 9.17) is 4.74 Å². The Morgan fingerprint density at radius 3 is 2.35 bits per heavy atom. The van der Waals surface area contributed by atoms with Gasteiger partial charge in [-0.25, -0.2) is 0 Å². The van der Waals surface area contributed by atoms with Gasteiger partial charge in [0.05, 0.1) is 29.7 Å². The fourth-order valence-corrected chi connectivity index (χ4v) is 5.53. The third-order valence-electron chi connectivity index (χ3n) is 6.93. The van der Waals surface area contributed by atoms with Crippen LogP contribution in [0.25, 0.3) is 5.57 Å². The minimum absolute atomic E-state index is 0.177. The zero-order chi connectivity index (χ0) is 22.5. The molecule has 1 aliphatic carbocycles. The summed E-state index contributed by atoms with van der Waals surface area (Å²) in [4.78, 5) is 42.9. The van der Waals surface area contributed by atoms with E-state index in [0.29, 0.717) is 6.61 Å². The number of likely N-dealkylation sites (tertiary alicyclic amines) is 1. The van der Waals surface area contributed by atoms with Gasteiger partial charge in [-0.3, -0.25) is 19.3 Å². The lowest BCUT2D eigenvalue weighted by Crippen LogP contribution is -2.57. The molecule has 2 fully saturated rings. The molecule has 4 rings (SSSR count). The first-order valence-electron chi connectivity index (χ1n) is 11.3. The normalized spacial score (nSPS) is 25.6. The van der Waals surface area contributed by atoms with Gasteiger partial charge in [0.2, 0.25) is 11.8 Å². The van der Waals surface area contributed by atoms with Crippen LogP contribution in [0.15, 0.2) is 24.3 Å². The van der Waals surface area contributed by atoms with E-state index < -0.39 is 11.6 Å². The molecule has 3 atom stereocenters. The van der Waals surface area contributed by atoms with E-state index >= 15 is 0 Å². The number of fused-ring (bicyclic) bond motifs is 2. The largest absolute Gasteiger partial charge is 0.494 e. The molecule has 0 N–H and O–H groups in total. The Labute approximate surface area is 184 Å². The first-order valence-corrected chi connectivity index (χ1v) is 11.3. The van der Waals surface area contributed by atoms with Crippen LogP contribution in [-0.2, 0) is 14.4 Å². The van der Waals surface area contributed by atoms with Crippen LogP contribution in [0.5, 0.6) is 5.75 Å². The maximum atomic E-state index is 13.8. The van der Waals surface area contributed by atoms with Crippen molar-refractivity contribution in [2.24, 2.45) is 11.8 Å². The summed E-state index contributed by atoms with van der Waals surface area (Å²) in [5.41, 5.74) is 2.19. The number of rotatable bonds is 4. The molecule has 2 aliphatic heterocycles. The molecule has 6 heteroatoms. The topological polar surface area (TPSA) is 66.9 Å². The van der Waals surface area contributed by atoms with Gasteiger partial charge >= 0.3 is 0 Å². The van der Waals surface area contributed by atoms with E-state index in [1.165, 1.54) is 4.90 Å². The molecule has 0 aromatic heterocycles. The number of nitrogens with zero attached hydrogens (tertiary/aromatic N) is 2. The number of ether oxygens (including phenoxy) is 1. The Balaban J connectivity index is 1.69. The number of amides is 3. The lowest BCUT2D eigenvalue weighted by Gasteiger charge is -2.43. The molecule has 6 nitrogen and oxygen atoms in total. The number of allylic oxidation sites excluding steroid dienone is 1. The second-order valence-electron chi connectivity index (χ2n) is 9.49. The van der Waals surface area contributed by atoms with Gasteiger partial charge in [-0.2, -0.15) is 0 Å². The average Bonchev–Trinajstić information content (AvgIpc) is 2.98. The highest BCUT2D eigenvalue weighted by molar-refractivity contribution is 6.11. The smallest absolute Gasteiger partial charge is 0.250 e. The SMILES string of the molecule is CCOc1ccc2c(c1)C(C)=CC(C)(C)N2C(=O)[C@@H](C)N1C(=O)[C@H]2CCCC[C@H]2C1=O. The van der Waals surface area contributed by atoms with E-state index in [0.717, 1.165) is 48.3 Å². The van der Waals surface area contributed by atoms with Crippen molar-refractivity contribution < 1.29 is 19.1 Å². The molecule has 1 saturated carbocycles. The predicted molar refractivity (Wildman–Crippen MR) is 120 cm³/mol. The number of carbonyl (C=O) groups is 3. The molecule has 3 amide bonds. The minimum Gasteiger partial charge on any atom is -0.494 e. The quantitative estimate of drug-likeness (QED) is 0.680. The molecule has 166 valence electrons. The van der Waals surface area contributed by atoms with E-state index in [-0.39, 0.29) is 29.6 Å². The van der Waals surface area contributed by atoms with Gasteiger partial charge in [-0.15, -0.1) is 0 Å². The van der Waals surface area contributed by atoms with Crippen molar-refractivity contribution in [3.05, 3.63) is 29.8 Å². The number of carbonyl (C=O) groups excluding carboxylic acids is 3. The summed E-state index contributed by atoms with van der Waals surface area (Å²) < 4.78 is 5.65. The number of benzene rings is 1. The van der Waals surface area contributed by atoms with Crippen molar-refractivity contribution in [3.63, 3.8) is 0 Å². The summed E-state index contributed by atoms with van der Waals surface area (Å²) in [6.45, 7) is 10.2. The Bertz CT molecular complexity index is 940. The zero-order valence-electron chi connectivity index (χ0n) is 19.1. The number of anilines is 1. The van der Waals surface area contributed by atoms with Crippen LogP contribution in [0.4, 0.5) is 5.69 Å². The van der Waals surface area contributed by atoms with Crippen molar-refractivity contribution in [3.8, 4) is 5.75 Å². The molecule has 0 unspecified atom stereocenters. The molecule has 2 heterocycles. The Morgan fingerprint density at radius 2 is 1.77 bits per heavy atom. The molecule has 31 heavy (non-hydrogen) atoms. The van der Waals surface area contributed by atoms with Crippen molar-refractivity contribution in [1.29, 1.82) is 0 Å². The van der Waals surface area contributed by atoms with Crippen LogP contribution >= 0.6 is 0 Å². The third-order valence-corrected chi connectivity index (χ3v) is 6.93. The van der Waals surface area contributed by atoms with Crippen LogP contribution in [0.2, 0.25) is 0 Å². The summed E-state index contributed by atoms with van der Waals surface area (Å²) in [6.07, 6.45) is 5.48. The fourth-order valence-electron chi connectivity index (χ4n) is 5.53. The third kappa shape index (κ3) is 3.46. The summed E-state index contributed by atoms with van der Waals surface area (Å²) in [5, 5.41) is 0. The maximum absolute atomic E-state index is 13.8. The fraction of sp³-hybridized carbons (Fsp3) is 0.560. The van der Waals surface area contributed by atoms with E-state index in [2.05, 4.69) is 6.08 Å². The van der Waals surface area contributed by atoms with Gasteiger partial charge in [0.1, 0.15) is 11.8 Å². The van der Waals surface area contributed by atoms with Crippen molar-refractivity contribution in [2.45, 2.75) is 71.9 Å². The lowest BCUT2D eigenvalue weighted by molar-refractivity contribution is -0.146. The zero-order valence-corrected chi connectivity index (χ0v) is 19.1. The lowest BCUT2D eigenvalue weighted by atomic mass is 9.81. The summed E-state index contributed by atoms with van der Waals surface area (Å²) in [6, 6.07) is 4.88. The average molecular weight is 425 g/mol. The van der Waals surface area contributed by atoms with Crippen molar-refractivity contribution in [1.82, 2.24) is 4.90 Å². The van der Waals surface area contributed by atoms with Gasteiger partial charge in [0.15, 0.2) is 0 Å². The molecule has 1 aromatic rings. The van der Waals surface area contributed by atoms with Gasteiger partial charge < -0.3 is 9.64 Å². The molecule has 0 spiro atoms. The Morgan fingerprint density at radius 1 is 1.16 bits per heavy atom. The Kier molecular flexibility index (Phi) is 5.44. The highest BCUT2D eigenvalue weighted by atomic mass is 16.5. The number of hydrogen-bond acceptors (Lipinski definition) is 4. The van der Waals surface area contributed by atoms with Crippen LogP contribution in [0.1, 0.15) is 65.9 Å². The van der Waals surface area contributed by atoms with E-state index in [1.54, 1.807) is 11.8 Å². The molecule has 1 aromatic carbocycles. The van der Waals surface area contributed by atoms with Gasteiger partial charge in [-0.05, 0) is 71.2 Å². The van der Waals surface area contributed by atoms with Gasteiger partial charge in [0.25, 0.3) is 5.91 Å². The second kappa shape index (κ2) is 7.81. The van der Waals surface area contributed by atoms with Crippen LogP contribution < -0.4 is 9.64 Å². The summed E-state index contributed by atoms with van der Waals surface area (Å²) in [5.74, 6) is -0.348. The molecule has 0 radical (unpaired) electrons. The van der Waals surface area contributed by atoms with Crippen LogP contribution in [0, 0.1) is 11.8 Å². The van der Waals surface area contributed by atoms with Crippen molar-refractivity contribution in [2.75, 3.05) is 11.5 Å². The molecule has 1 saturated heterocycles. The standard InChI is InChI=1S/C25H32N2O4/c1-6-31-17-11-12-21-20(13-17)15(2)14-25(4,5)27(21)22(28)16(3)26-23(29)18-9-7-8-10-19(18)24(26)30/h11-14,16,18-19H,6-10H2,1-5H3/t16-,18-,19+/m1/s1. The van der Waals surface area contributed by atoms with E-state index in [9.17, 15) is 14.4 Å². The van der Waals surface area contributed by atoms with Crippen LogP contribution in [-0.4, -0.2) is 40.8 Å². The first kappa shape index (κ1) is 21.6. The molecule has 0 bridgehead atoms. The molecular weight excluding hydrogens is 392 g/mol. The second-order valence-corrected chi connectivity index (χ2v) is 9.49. The maximum Gasteiger partial charge on any atom is 0.250 e.